The average Bonchev–Trinajstić information content (AvgIpc) is 2.92. The van der Waals surface area contributed by atoms with Gasteiger partial charge in [-0.15, -0.1) is 0 Å². The Labute approximate surface area is 236 Å². The van der Waals surface area contributed by atoms with E-state index in [1.54, 1.807) is 12.1 Å². The number of amides is 1. The summed E-state index contributed by atoms with van der Waals surface area (Å²) in [4.78, 5) is 28.7. The lowest BCUT2D eigenvalue weighted by Gasteiger charge is -2.34. The molecule has 0 unspecified atom stereocenters. The third-order valence-electron chi connectivity index (χ3n) is 6.91. The maximum absolute atomic E-state index is 12.6. The highest BCUT2D eigenvalue weighted by Gasteiger charge is 2.28. The Hall–Kier alpha value is -2.90. The number of aryl methyl sites for hydroxylation is 2. The van der Waals surface area contributed by atoms with Crippen LogP contribution in [0.4, 0.5) is 11.4 Å². The predicted octanol–water partition coefficient (Wildman–Crippen LogP) is 6.12. The number of hydrogen-bond donors (Lipinski definition) is 2. The molecule has 1 heterocycles. The van der Waals surface area contributed by atoms with Gasteiger partial charge in [0.1, 0.15) is 6.61 Å². The summed E-state index contributed by atoms with van der Waals surface area (Å²) in [6.45, 7) is 12.6. The Morgan fingerprint density at radius 2 is 1.69 bits per heavy atom. The number of carbonyl (C=O) groups is 2. The number of ether oxygens (including phenoxy) is 1. The minimum Gasteiger partial charge on any atom is -0.461 e. The van der Waals surface area contributed by atoms with E-state index in [9.17, 15) is 9.59 Å². The van der Waals surface area contributed by atoms with E-state index in [0.29, 0.717) is 12.2 Å². The number of rotatable bonds is 12. The minimum atomic E-state index is -0.262. The molecule has 3 rings (SSSR count). The molecule has 1 saturated heterocycles. The maximum atomic E-state index is 12.6. The van der Waals surface area contributed by atoms with Gasteiger partial charge in [0, 0.05) is 24.5 Å². The van der Waals surface area contributed by atoms with E-state index in [1.807, 2.05) is 63.2 Å². The summed E-state index contributed by atoms with van der Waals surface area (Å²) in [6, 6.07) is 13.6. The molecule has 1 atom stereocenters. The molecule has 0 spiro atoms. The van der Waals surface area contributed by atoms with Gasteiger partial charge >= 0.3 is 5.97 Å². The number of benzene rings is 2. The van der Waals surface area contributed by atoms with Gasteiger partial charge in [0.25, 0.3) is 0 Å². The lowest BCUT2D eigenvalue weighted by Crippen LogP contribution is -2.47. The molecule has 2 aromatic carbocycles. The number of anilines is 2. The van der Waals surface area contributed by atoms with Gasteiger partial charge in [0.05, 0.1) is 11.6 Å². The van der Waals surface area contributed by atoms with Crippen molar-refractivity contribution < 1.29 is 14.3 Å². The first-order valence-corrected chi connectivity index (χ1v) is 14.5. The van der Waals surface area contributed by atoms with Gasteiger partial charge < -0.3 is 20.3 Å². The second-order valence-electron chi connectivity index (χ2n) is 10.6. The molecule has 7 nitrogen and oxygen atoms in total. The smallest absolute Gasteiger partial charge is 0.338 e. The van der Waals surface area contributed by atoms with Crippen LogP contribution in [0.15, 0.2) is 42.5 Å². The van der Waals surface area contributed by atoms with Gasteiger partial charge in [-0.05, 0) is 102 Å². The maximum Gasteiger partial charge on any atom is 0.338 e. The highest BCUT2D eigenvalue weighted by molar-refractivity contribution is 5.96. The number of unbranched alkanes of at least 4 members (excludes halogenated alkanes) is 1. The SMILES string of the molecule is CCCCNc1ccc(C(=O)OCCN(C)C)cc1.CCCN1CCCC[C@H]1C(=O)Nc1c(C)cccc1C. The molecular formula is C32H50N4O3. The van der Waals surface area contributed by atoms with Gasteiger partial charge in [-0.3, -0.25) is 9.69 Å². The molecule has 2 N–H and O–H groups in total. The zero-order valence-corrected chi connectivity index (χ0v) is 25.0. The quantitative estimate of drug-likeness (QED) is 0.250. The van der Waals surface area contributed by atoms with Gasteiger partial charge in [0.15, 0.2) is 0 Å². The van der Waals surface area contributed by atoms with Crippen LogP contribution in [0.3, 0.4) is 0 Å². The summed E-state index contributed by atoms with van der Waals surface area (Å²) < 4.78 is 5.18. The first-order chi connectivity index (χ1) is 18.8. The van der Waals surface area contributed by atoms with Crippen molar-refractivity contribution in [2.75, 3.05) is 57.5 Å². The second kappa shape index (κ2) is 17.6. The zero-order chi connectivity index (χ0) is 28.6. The number of esters is 1. The Morgan fingerprint density at radius 1 is 1.00 bits per heavy atom. The molecule has 1 aliphatic rings. The second-order valence-corrected chi connectivity index (χ2v) is 10.6. The number of carbonyl (C=O) groups excluding carboxylic acids is 2. The number of likely N-dealkylation sites (N-methyl/N-ethyl adjacent to an activating group) is 1. The molecule has 39 heavy (non-hydrogen) atoms. The van der Waals surface area contributed by atoms with Gasteiger partial charge in [0.2, 0.25) is 5.91 Å². The molecule has 7 heteroatoms. The van der Waals surface area contributed by atoms with Crippen molar-refractivity contribution >= 4 is 23.3 Å². The van der Waals surface area contributed by atoms with E-state index in [1.165, 1.54) is 12.8 Å². The van der Waals surface area contributed by atoms with E-state index in [0.717, 1.165) is 74.4 Å². The highest BCUT2D eigenvalue weighted by atomic mass is 16.5. The molecule has 1 fully saturated rings. The van der Waals surface area contributed by atoms with E-state index in [4.69, 9.17) is 4.74 Å². The number of nitrogens with one attached hydrogen (secondary N) is 2. The Balaban J connectivity index is 0.000000274. The fourth-order valence-electron chi connectivity index (χ4n) is 4.60. The molecule has 0 radical (unpaired) electrons. The van der Waals surface area contributed by atoms with E-state index >= 15 is 0 Å². The monoisotopic (exact) mass is 538 g/mol. The van der Waals surface area contributed by atoms with E-state index in [2.05, 4.69) is 29.4 Å². The predicted molar refractivity (Wildman–Crippen MR) is 163 cm³/mol. The lowest BCUT2D eigenvalue weighted by molar-refractivity contribution is -0.122. The topological polar surface area (TPSA) is 73.9 Å². The Morgan fingerprint density at radius 3 is 2.31 bits per heavy atom. The molecule has 0 bridgehead atoms. The zero-order valence-electron chi connectivity index (χ0n) is 25.0. The Bertz CT molecular complexity index is 985. The van der Waals surface area contributed by atoms with Crippen LogP contribution in [0.5, 0.6) is 0 Å². The number of likely N-dealkylation sites (tertiary alicyclic amines) is 1. The first kappa shape index (κ1) is 32.3. The Kier molecular flexibility index (Phi) is 14.6. The third kappa shape index (κ3) is 11.4. The van der Waals surface area contributed by atoms with Gasteiger partial charge in [-0.2, -0.15) is 0 Å². The minimum absolute atomic E-state index is 0.0442. The number of piperidine rings is 1. The summed E-state index contributed by atoms with van der Waals surface area (Å²) in [5, 5.41) is 6.47. The summed E-state index contributed by atoms with van der Waals surface area (Å²) in [6.07, 6.45) is 6.78. The molecule has 0 aromatic heterocycles. The summed E-state index contributed by atoms with van der Waals surface area (Å²) >= 11 is 0. The van der Waals surface area contributed by atoms with Crippen LogP contribution >= 0.6 is 0 Å². The van der Waals surface area contributed by atoms with Crippen molar-refractivity contribution in [2.45, 2.75) is 72.3 Å². The summed E-state index contributed by atoms with van der Waals surface area (Å²) in [7, 11) is 3.90. The molecule has 0 aliphatic carbocycles. The third-order valence-corrected chi connectivity index (χ3v) is 6.91. The van der Waals surface area contributed by atoms with Crippen LogP contribution in [0.1, 0.15) is 73.9 Å². The molecule has 2 aromatic rings. The van der Waals surface area contributed by atoms with Crippen molar-refractivity contribution in [3.8, 4) is 0 Å². The molecule has 1 amide bonds. The fourth-order valence-corrected chi connectivity index (χ4v) is 4.60. The van der Waals surface area contributed by atoms with Gasteiger partial charge in [-0.1, -0.05) is 44.9 Å². The molecular weight excluding hydrogens is 488 g/mol. The summed E-state index contributed by atoms with van der Waals surface area (Å²) in [5.74, 6) is -0.0995. The van der Waals surface area contributed by atoms with Crippen LogP contribution in [-0.4, -0.2) is 74.6 Å². The number of para-hydroxylation sites is 1. The van der Waals surface area contributed by atoms with E-state index < -0.39 is 0 Å². The van der Waals surface area contributed by atoms with Crippen molar-refractivity contribution in [3.05, 3.63) is 59.2 Å². The first-order valence-electron chi connectivity index (χ1n) is 14.5. The lowest BCUT2D eigenvalue weighted by atomic mass is 10.0. The van der Waals surface area contributed by atoms with Crippen LogP contribution in [0.2, 0.25) is 0 Å². The number of nitrogens with zero attached hydrogens (tertiary/aromatic N) is 2. The van der Waals surface area contributed by atoms with Crippen LogP contribution in [0.25, 0.3) is 0 Å². The largest absolute Gasteiger partial charge is 0.461 e. The molecule has 1 aliphatic heterocycles. The average molecular weight is 539 g/mol. The molecule has 216 valence electrons. The summed E-state index contributed by atoms with van der Waals surface area (Å²) in [5.41, 5.74) is 4.89. The molecule has 0 saturated carbocycles. The van der Waals surface area contributed by atoms with Crippen molar-refractivity contribution in [3.63, 3.8) is 0 Å². The van der Waals surface area contributed by atoms with E-state index in [-0.39, 0.29) is 17.9 Å². The van der Waals surface area contributed by atoms with Crippen LogP contribution in [0, 0.1) is 13.8 Å². The van der Waals surface area contributed by atoms with Gasteiger partial charge in [-0.25, -0.2) is 4.79 Å². The van der Waals surface area contributed by atoms with Crippen molar-refractivity contribution in [2.24, 2.45) is 0 Å². The number of hydrogen-bond acceptors (Lipinski definition) is 6. The normalized spacial score (nSPS) is 15.3. The van der Waals surface area contributed by atoms with Crippen LogP contribution in [-0.2, 0) is 9.53 Å². The highest BCUT2D eigenvalue weighted by Crippen LogP contribution is 2.23. The fraction of sp³-hybridized carbons (Fsp3) is 0.562. The van der Waals surface area contributed by atoms with Crippen molar-refractivity contribution in [1.29, 1.82) is 0 Å². The van der Waals surface area contributed by atoms with Crippen molar-refractivity contribution in [1.82, 2.24) is 9.80 Å². The standard InChI is InChI=1S/C17H26N2O.C15H24N2O2/c1-4-11-19-12-6-5-10-15(19)17(20)18-16-13(2)8-7-9-14(16)3;1-4-5-10-16-14-8-6-13(7-9-14)15(18)19-12-11-17(2)3/h7-9,15H,4-6,10-12H2,1-3H3,(H,18,20);6-9,16H,4-5,10-12H2,1-3H3/t15-;/m0./s1. The van der Waals surface area contributed by atoms with Crippen LogP contribution < -0.4 is 10.6 Å².